The summed E-state index contributed by atoms with van der Waals surface area (Å²) in [6.07, 6.45) is -0.299. The molecule has 4 heterocycles. The second-order valence-corrected chi connectivity index (χ2v) is 10.7. The highest BCUT2D eigenvalue weighted by atomic mass is 19.4. The van der Waals surface area contributed by atoms with Gasteiger partial charge in [-0.25, -0.2) is 4.52 Å². The van der Waals surface area contributed by atoms with Crippen LogP contribution in [0, 0.1) is 18.8 Å². The molecule has 1 saturated heterocycles. The van der Waals surface area contributed by atoms with Crippen LogP contribution in [0.4, 0.5) is 24.8 Å². The molecule has 5 rings (SSSR count). The van der Waals surface area contributed by atoms with Gasteiger partial charge in [0.05, 0.1) is 0 Å². The summed E-state index contributed by atoms with van der Waals surface area (Å²) >= 11 is 0. The molecule has 0 amide bonds. The average molecular weight is 489 g/mol. The molecule has 3 aromatic rings. The summed E-state index contributed by atoms with van der Waals surface area (Å²) in [5.41, 5.74) is 3.33. The van der Waals surface area contributed by atoms with Gasteiger partial charge in [0.25, 0.3) is 0 Å². The first-order valence-corrected chi connectivity index (χ1v) is 12.0. The van der Waals surface area contributed by atoms with Gasteiger partial charge in [0.2, 0.25) is 5.95 Å². The Morgan fingerprint density at radius 1 is 1.09 bits per heavy atom. The number of fused-ring (bicyclic) bond motifs is 3. The molecule has 2 bridgehead atoms. The summed E-state index contributed by atoms with van der Waals surface area (Å²) in [5, 5.41) is 8.04. The van der Waals surface area contributed by atoms with Crippen molar-refractivity contribution < 1.29 is 17.9 Å². The zero-order chi connectivity index (χ0) is 25.0. The fourth-order valence-corrected chi connectivity index (χ4v) is 5.24. The van der Waals surface area contributed by atoms with E-state index in [0.717, 1.165) is 37.3 Å². The topological polar surface area (TPSA) is 67.6 Å². The lowest BCUT2D eigenvalue weighted by Crippen LogP contribution is -2.48. The van der Waals surface area contributed by atoms with Gasteiger partial charge in [-0.05, 0) is 55.9 Å². The van der Waals surface area contributed by atoms with Crippen LogP contribution >= 0.6 is 0 Å². The zero-order valence-electron chi connectivity index (χ0n) is 20.4. The van der Waals surface area contributed by atoms with Crippen LogP contribution in [-0.4, -0.2) is 51.5 Å². The molecule has 3 atom stereocenters. The van der Waals surface area contributed by atoms with E-state index in [1.54, 1.807) is 6.07 Å². The molecule has 188 valence electrons. The Morgan fingerprint density at radius 2 is 1.80 bits per heavy atom. The molecule has 1 unspecified atom stereocenters. The number of piperidine rings is 1. The summed E-state index contributed by atoms with van der Waals surface area (Å²) in [6, 6.07) is 7.68. The minimum Gasteiger partial charge on any atom is -0.480 e. The fourth-order valence-electron chi connectivity index (χ4n) is 5.24. The molecule has 0 aromatic carbocycles. The van der Waals surface area contributed by atoms with Crippen LogP contribution in [0.3, 0.4) is 0 Å². The Kier molecular flexibility index (Phi) is 5.80. The van der Waals surface area contributed by atoms with Crippen molar-refractivity contribution in [3.63, 3.8) is 0 Å². The maximum atomic E-state index is 12.7. The zero-order valence-corrected chi connectivity index (χ0v) is 20.4. The maximum Gasteiger partial charge on any atom is 0.422 e. The lowest BCUT2D eigenvalue weighted by atomic mass is 9.90. The predicted molar refractivity (Wildman–Crippen MR) is 128 cm³/mol. The van der Waals surface area contributed by atoms with Crippen LogP contribution in [0.2, 0.25) is 0 Å². The Labute approximate surface area is 202 Å². The summed E-state index contributed by atoms with van der Waals surface area (Å²) in [5.74, 6) is 1.34. The lowest BCUT2D eigenvalue weighted by molar-refractivity contribution is -0.153. The van der Waals surface area contributed by atoms with E-state index in [9.17, 15) is 13.2 Å². The average Bonchev–Trinajstić information content (AvgIpc) is 3.30. The van der Waals surface area contributed by atoms with Crippen molar-refractivity contribution in [2.45, 2.75) is 58.2 Å². The van der Waals surface area contributed by atoms with Crippen LogP contribution in [0.1, 0.15) is 45.0 Å². The Morgan fingerprint density at radius 3 is 2.46 bits per heavy atom. The Bertz CT molecular complexity index is 1200. The lowest BCUT2D eigenvalue weighted by Gasteiger charge is -2.39. The molecule has 1 aliphatic heterocycles. The second kappa shape index (κ2) is 8.57. The number of pyridine rings is 2. The number of rotatable bonds is 5. The molecule has 10 heteroatoms. The van der Waals surface area contributed by atoms with Gasteiger partial charge in [0.15, 0.2) is 18.0 Å². The smallest absolute Gasteiger partial charge is 0.422 e. The van der Waals surface area contributed by atoms with E-state index >= 15 is 0 Å². The van der Waals surface area contributed by atoms with Crippen molar-refractivity contribution >= 4 is 17.3 Å². The van der Waals surface area contributed by atoms with Gasteiger partial charge in [-0.1, -0.05) is 20.8 Å². The van der Waals surface area contributed by atoms with Gasteiger partial charge >= 0.3 is 6.18 Å². The first-order chi connectivity index (χ1) is 16.5. The van der Waals surface area contributed by atoms with Crippen LogP contribution in [0.25, 0.3) is 5.65 Å². The van der Waals surface area contributed by atoms with Gasteiger partial charge in [-0.2, -0.15) is 18.2 Å². The van der Waals surface area contributed by atoms with Crippen LogP contribution in [-0.2, 0) is 5.41 Å². The SMILES string of the molecule is Cc1ccc(OCC(F)(F)F)c2nc(NC3[C@@H]4CC[C@H]3CN(c3ccnc(C(C)(C)C)c3)C4)nn12. The molecule has 1 aliphatic carbocycles. The number of aromatic nitrogens is 4. The monoisotopic (exact) mass is 488 g/mol. The highest BCUT2D eigenvalue weighted by Gasteiger charge is 2.43. The van der Waals surface area contributed by atoms with E-state index < -0.39 is 12.8 Å². The summed E-state index contributed by atoms with van der Waals surface area (Å²) in [7, 11) is 0. The van der Waals surface area contributed by atoms with E-state index in [-0.39, 0.29) is 22.9 Å². The Balaban J connectivity index is 1.33. The number of nitrogens with zero attached hydrogens (tertiary/aromatic N) is 5. The largest absolute Gasteiger partial charge is 0.480 e. The molecular formula is C25H31F3N6O. The fraction of sp³-hybridized carbons (Fsp3) is 0.560. The molecule has 7 nitrogen and oxygen atoms in total. The number of aryl methyl sites for hydroxylation is 1. The number of hydrogen-bond acceptors (Lipinski definition) is 6. The molecule has 2 aliphatic rings. The first-order valence-electron chi connectivity index (χ1n) is 12.0. The number of ether oxygens (including phenoxy) is 1. The normalized spacial score (nSPS) is 22.6. The molecule has 3 aromatic heterocycles. The summed E-state index contributed by atoms with van der Waals surface area (Å²) in [6.45, 7) is 8.83. The number of halogens is 3. The van der Waals surface area contributed by atoms with Crippen molar-refractivity contribution in [2.24, 2.45) is 11.8 Å². The summed E-state index contributed by atoms with van der Waals surface area (Å²) in [4.78, 5) is 11.5. The highest BCUT2D eigenvalue weighted by molar-refractivity contribution is 5.57. The molecule has 1 N–H and O–H groups in total. The quantitative estimate of drug-likeness (QED) is 0.545. The van der Waals surface area contributed by atoms with Crippen molar-refractivity contribution in [2.75, 3.05) is 29.9 Å². The van der Waals surface area contributed by atoms with Gasteiger partial charge < -0.3 is 15.0 Å². The molecule has 1 saturated carbocycles. The van der Waals surface area contributed by atoms with Crippen molar-refractivity contribution in [3.8, 4) is 5.75 Å². The van der Waals surface area contributed by atoms with Crippen molar-refractivity contribution in [1.29, 1.82) is 0 Å². The van der Waals surface area contributed by atoms with Gasteiger partial charge in [0, 0.05) is 47.8 Å². The molecule has 2 fully saturated rings. The number of nitrogens with one attached hydrogen (secondary N) is 1. The standard InChI is InChI=1S/C25H31F3N6O/c1-15-5-8-19(35-14-25(26,27)28)22-31-23(32-34(15)22)30-21-16-6-7-17(21)13-33(12-16)18-9-10-29-20(11-18)24(2,3)4/h5,8-11,16-17,21H,6-7,12-14H2,1-4H3,(H,30,32)/t16-,17+,21?. The molecule has 0 radical (unpaired) electrons. The molecule has 0 spiro atoms. The minimum absolute atomic E-state index is 0.00946. The third-order valence-electron chi connectivity index (χ3n) is 7.04. The maximum absolute atomic E-state index is 12.7. The number of hydrogen-bond donors (Lipinski definition) is 1. The van der Waals surface area contributed by atoms with Crippen LogP contribution in [0.5, 0.6) is 5.75 Å². The third-order valence-corrected chi connectivity index (χ3v) is 7.04. The van der Waals surface area contributed by atoms with Crippen LogP contribution in [0.15, 0.2) is 30.5 Å². The molecular weight excluding hydrogens is 457 g/mol. The number of anilines is 2. The Hall–Kier alpha value is -3.04. The van der Waals surface area contributed by atoms with E-state index in [0.29, 0.717) is 17.8 Å². The third kappa shape index (κ3) is 4.88. The van der Waals surface area contributed by atoms with E-state index in [1.165, 1.54) is 16.3 Å². The molecule has 35 heavy (non-hydrogen) atoms. The van der Waals surface area contributed by atoms with Crippen molar-refractivity contribution in [3.05, 3.63) is 41.9 Å². The van der Waals surface area contributed by atoms with Crippen molar-refractivity contribution in [1.82, 2.24) is 19.6 Å². The van der Waals surface area contributed by atoms with E-state index in [2.05, 4.69) is 58.2 Å². The first kappa shape index (κ1) is 23.7. The van der Waals surface area contributed by atoms with E-state index in [1.807, 2.05) is 13.1 Å². The summed E-state index contributed by atoms with van der Waals surface area (Å²) < 4.78 is 44.6. The van der Waals surface area contributed by atoms with Gasteiger partial charge in [0.1, 0.15) is 0 Å². The van der Waals surface area contributed by atoms with Gasteiger partial charge in [-0.15, -0.1) is 5.10 Å². The number of alkyl halides is 3. The second-order valence-electron chi connectivity index (χ2n) is 10.7. The minimum atomic E-state index is -4.42. The van der Waals surface area contributed by atoms with Crippen LogP contribution < -0.4 is 15.0 Å². The predicted octanol–water partition coefficient (Wildman–Crippen LogP) is 5.00. The van der Waals surface area contributed by atoms with Gasteiger partial charge in [-0.3, -0.25) is 4.98 Å². The van der Waals surface area contributed by atoms with E-state index in [4.69, 9.17) is 4.74 Å². The highest BCUT2D eigenvalue weighted by Crippen LogP contribution is 2.40.